The highest BCUT2D eigenvalue weighted by Gasteiger charge is 2.27. The molecular formula is C15H25N3. The number of hydrogen-bond donors (Lipinski definition) is 1. The molecule has 0 atom stereocenters. The fraction of sp³-hybridized carbons (Fsp3) is 0.667. The van der Waals surface area contributed by atoms with Gasteiger partial charge in [-0.25, -0.2) is 4.98 Å². The molecule has 1 fully saturated rings. The maximum absolute atomic E-state index is 5.89. The average Bonchev–Trinajstić information content (AvgIpc) is 2.28. The van der Waals surface area contributed by atoms with Crippen LogP contribution in [-0.4, -0.2) is 18.1 Å². The van der Waals surface area contributed by atoms with E-state index < -0.39 is 0 Å². The highest BCUT2D eigenvalue weighted by atomic mass is 15.2. The van der Waals surface area contributed by atoms with Crippen LogP contribution >= 0.6 is 0 Å². The maximum Gasteiger partial charge on any atom is 0.133 e. The number of pyridine rings is 1. The van der Waals surface area contributed by atoms with Crippen molar-refractivity contribution < 1.29 is 0 Å². The van der Waals surface area contributed by atoms with Gasteiger partial charge in [-0.1, -0.05) is 13.8 Å². The molecule has 1 aliphatic rings. The van der Waals surface area contributed by atoms with Crippen LogP contribution in [0.25, 0.3) is 0 Å². The van der Waals surface area contributed by atoms with Gasteiger partial charge in [0, 0.05) is 30.9 Å². The first kappa shape index (κ1) is 13.3. The number of piperidine rings is 1. The van der Waals surface area contributed by atoms with Crippen LogP contribution in [0.1, 0.15) is 43.5 Å². The summed E-state index contributed by atoms with van der Waals surface area (Å²) in [5.41, 5.74) is 9.93. The molecule has 0 bridgehead atoms. The summed E-state index contributed by atoms with van der Waals surface area (Å²) in [5.74, 6) is 1.12. The van der Waals surface area contributed by atoms with Crippen LogP contribution < -0.4 is 10.6 Å². The van der Waals surface area contributed by atoms with Gasteiger partial charge in [0.2, 0.25) is 0 Å². The second kappa shape index (κ2) is 4.88. The van der Waals surface area contributed by atoms with Crippen LogP contribution in [-0.2, 0) is 6.54 Å². The molecule has 2 heterocycles. The molecule has 0 unspecified atom stereocenters. The Hall–Kier alpha value is -1.09. The lowest BCUT2D eigenvalue weighted by atomic mass is 9.82. The summed E-state index contributed by atoms with van der Waals surface area (Å²) >= 11 is 0. The largest absolute Gasteiger partial charge is 0.356 e. The zero-order valence-corrected chi connectivity index (χ0v) is 12.1. The van der Waals surface area contributed by atoms with E-state index in [0.717, 1.165) is 24.6 Å². The van der Waals surface area contributed by atoms with E-state index >= 15 is 0 Å². The number of nitrogens with two attached hydrogens (primary N) is 1. The van der Waals surface area contributed by atoms with Crippen molar-refractivity contribution in [3.05, 3.63) is 22.9 Å². The third-order valence-corrected chi connectivity index (χ3v) is 4.07. The topological polar surface area (TPSA) is 42.1 Å². The van der Waals surface area contributed by atoms with E-state index in [9.17, 15) is 0 Å². The monoisotopic (exact) mass is 247 g/mol. The van der Waals surface area contributed by atoms with E-state index in [1.165, 1.54) is 24.0 Å². The summed E-state index contributed by atoms with van der Waals surface area (Å²) < 4.78 is 0. The van der Waals surface area contributed by atoms with Gasteiger partial charge in [-0.3, -0.25) is 0 Å². The van der Waals surface area contributed by atoms with Crippen molar-refractivity contribution in [2.75, 3.05) is 18.0 Å². The summed E-state index contributed by atoms with van der Waals surface area (Å²) in [5, 5.41) is 0. The Labute approximate surface area is 110 Å². The zero-order valence-electron chi connectivity index (χ0n) is 12.1. The van der Waals surface area contributed by atoms with Crippen molar-refractivity contribution >= 4 is 5.82 Å². The Balaban J connectivity index is 2.28. The van der Waals surface area contributed by atoms with E-state index in [1.54, 1.807) is 0 Å². The van der Waals surface area contributed by atoms with E-state index in [2.05, 4.69) is 38.7 Å². The van der Waals surface area contributed by atoms with Gasteiger partial charge >= 0.3 is 0 Å². The van der Waals surface area contributed by atoms with Crippen LogP contribution in [0.15, 0.2) is 6.07 Å². The predicted molar refractivity (Wildman–Crippen MR) is 76.8 cm³/mol. The minimum Gasteiger partial charge on any atom is -0.356 e. The van der Waals surface area contributed by atoms with Gasteiger partial charge in [0.05, 0.1) is 0 Å². The Morgan fingerprint density at radius 1 is 1.28 bits per heavy atom. The fourth-order valence-corrected chi connectivity index (χ4v) is 2.68. The number of aromatic nitrogens is 1. The zero-order chi connectivity index (χ0) is 13.3. The normalized spacial score (nSPS) is 19.1. The first-order valence-electron chi connectivity index (χ1n) is 6.85. The third-order valence-electron chi connectivity index (χ3n) is 4.07. The molecule has 1 aliphatic heterocycles. The van der Waals surface area contributed by atoms with Crippen molar-refractivity contribution in [2.24, 2.45) is 11.1 Å². The van der Waals surface area contributed by atoms with Crippen molar-refractivity contribution in [1.82, 2.24) is 4.98 Å². The lowest BCUT2D eigenvalue weighted by Crippen LogP contribution is -2.38. The first-order chi connectivity index (χ1) is 8.43. The number of nitrogens with zero attached hydrogens (tertiary/aromatic N) is 2. The van der Waals surface area contributed by atoms with Gasteiger partial charge in [-0.2, -0.15) is 0 Å². The standard InChI is InChI=1S/C15H25N3/c1-11-9-12(2)17-14(13(11)10-16)18-7-5-15(3,4)6-8-18/h9H,5-8,10,16H2,1-4H3. The molecule has 0 aliphatic carbocycles. The van der Waals surface area contributed by atoms with Gasteiger partial charge in [0.1, 0.15) is 5.82 Å². The molecule has 3 heteroatoms. The van der Waals surface area contributed by atoms with E-state index in [0.29, 0.717) is 12.0 Å². The highest BCUT2D eigenvalue weighted by Crippen LogP contribution is 2.33. The summed E-state index contributed by atoms with van der Waals surface area (Å²) in [7, 11) is 0. The minimum atomic E-state index is 0.470. The van der Waals surface area contributed by atoms with Crippen LogP contribution in [0, 0.1) is 19.3 Å². The quantitative estimate of drug-likeness (QED) is 0.874. The Bertz CT molecular complexity index is 428. The number of hydrogen-bond acceptors (Lipinski definition) is 3. The van der Waals surface area contributed by atoms with Crippen LogP contribution in [0.3, 0.4) is 0 Å². The predicted octanol–water partition coefficient (Wildman–Crippen LogP) is 2.78. The molecule has 0 amide bonds. The van der Waals surface area contributed by atoms with Crippen molar-refractivity contribution in [2.45, 2.75) is 47.1 Å². The Morgan fingerprint density at radius 2 is 1.89 bits per heavy atom. The van der Waals surface area contributed by atoms with Crippen LogP contribution in [0.5, 0.6) is 0 Å². The number of aryl methyl sites for hydroxylation is 2. The molecule has 2 N–H and O–H groups in total. The second-order valence-corrected chi connectivity index (χ2v) is 6.24. The highest BCUT2D eigenvalue weighted by molar-refractivity contribution is 5.52. The maximum atomic E-state index is 5.89. The van der Waals surface area contributed by atoms with Gasteiger partial charge in [0.25, 0.3) is 0 Å². The summed E-state index contributed by atoms with van der Waals surface area (Å²) in [6, 6.07) is 2.12. The van der Waals surface area contributed by atoms with Gasteiger partial charge in [-0.05, 0) is 43.7 Å². The van der Waals surface area contributed by atoms with Crippen LogP contribution in [0.4, 0.5) is 5.82 Å². The van der Waals surface area contributed by atoms with Gasteiger partial charge in [-0.15, -0.1) is 0 Å². The van der Waals surface area contributed by atoms with Gasteiger partial charge < -0.3 is 10.6 Å². The van der Waals surface area contributed by atoms with E-state index in [4.69, 9.17) is 10.7 Å². The molecule has 0 aromatic carbocycles. The van der Waals surface area contributed by atoms with Crippen molar-refractivity contribution in [3.63, 3.8) is 0 Å². The fourth-order valence-electron chi connectivity index (χ4n) is 2.68. The molecule has 3 nitrogen and oxygen atoms in total. The molecule has 1 aromatic heterocycles. The molecule has 0 spiro atoms. The summed E-state index contributed by atoms with van der Waals surface area (Å²) in [6.45, 7) is 11.7. The lowest BCUT2D eigenvalue weighted by Gasteiger charge is -2.38. The van der Waals surface area contributed by atoms with Gasteiger partial charge in [0.15, 0.2) is 0 Å². The molecule has 100 valence electrons. The molecule has 1 aromatic rings. The Morgan fingerprint density at radius 3 is 2.44 bits per heavy atom. The minimum absolute atomic E-state index is 0.470. The van der Waals surface area contributed by atoms with Crippen molar-refractivity contribution in [3.8, 4) is 0 Å². The summed E-state index contributed by atoms with van der Waals surface area (Å²) in [6.07, 6.45) is 2.46. The molecule has 1 saturated heterocycles. The second-order valence-electron chi connectivity index (χ2n) is 6.24. The van der Waals surface area contributed by atoms with E-state index in [1.807, 2.05) is 0 Å². The van der Waals surface area contributed by atoms with Crippen LogP contribution in [0.2, 0.25) is 0 Å². The third kappa shape index (κ3) is 2.66. The molecule has 0 saturated carbocycles. The average molecular weight is 247 g/mol. The first-order valence-corrected chi connectivity index (χ1v) is 6.85. The SMILES string of the molecule is Cc1cc(C)c(CN)c(N2CCC(C)(C)CC2)n1. The number of anilines is 1. The molecule has 0 radical (unpaired) electrons. The van der Waals surface area contributed by atoms with E-state index in [-0.39, 0.29) is 0 Å². The molecule has 2 rings (SSSR count). The number of rotatable bonds is 2. The molecular weight excluding hydrogens is 222 g/mol. The molecule has 18 heavy (non-hydrogen) atoms. The summed E-state index contributed by atoms with van der Waals surface area (Å²) in [4.78, 5) is 7.13. The lowest BCUT2D eigenvalue weighted by molar-refractivity contribution is 0.279. The Kier molecular flexibility index (Phi) is 3.62. The van der Waals surface area contributed by atoms with Crippen molar-refractivity contribution in [1.29, 1.82) is 0 Å². The smallest absolute Gasteiger partial charge is 0.133 e.